The number of halogens is 2. The molecule has 1 aliphatic rings. The molecule has 2 aromatic carbocycles. The van der Waals surface area contributed by atoms with E-state index in [-0.39, 0.29) is 12.7 Å². The van der Waals surface area contributed by atoms with E-state index in [1.165, 1.54) is 0 Å². The van der Waals surface area contributed by atoms with Gasteiger partial charge in [0.2, 0.25) is 0 Å². The van der Waals surface area contributed by atoms with E-state index >= 15 is 0 Å². The van der Waals surface area contributed by atoms with E-state index in [0.717, 1.165) is 21.8 Å². The quantitative estimate of drug-likeness (QED) is 0.836. The Morgan fingerprint density at radius 1 is 1.28 bits per heavy atom. The number of para-hydroxylation sites is 1. The zero-order valence-corrected chi connectivity index (χ0v) is 15.3. The van der Waals surface area contributed by atoms with Gasteiger partial charge in [0.1, 0.15) is 12.3 Å². The van der Waals surface area contributed by atoms with E-state index in [1.54, 1.807) is 12.1 Å². The summed E-state index contributed by atoms with van der Waals surface area (Å²) in [6, 6.07) is 10.9. The summed E-state index contributed by atoms with van der Waals surface area (Å²) in [6.07, 6.45) is 0. The second-order valence-corrected chi connectivity index (χ2v) is 6.85. The van der Waals surface area contributed by atoms with Crippen LogP contribution in [0.25, 0.3) is 0 Å². The van der Waals surface area contributed by atoms with Crippen molar-refractivity contribution < 1.29 is 19.2 Å². The molecule has 0 aliphatic carbocycles. The first-order chi connectivity index (χ1) is 12.0. The Kier molecular flexibility index (Phi) is 5.81. The lowest BCUT2D eigenvalue weighted by molar-refractivity contribution is -0.885. The third kappa shape index (κ3) is 4.64. The predicted molar refractivity (Wildman–Crippen MR) is 97.3 cm³/mol. The van der Waals surface area contributed by atoms with Crippen molar-refractivity contribution >= 4 is 34.8 Å². The van der Waals surface area contributed by atoms with E-state index in [9.17, 15) is 4.79 Å². The largest absolute Gasteiger partial charge is 0.467 e. The first kappa shape index (κ1) is 18.0. The fourth-order valence-corrected chi connectivity index (χ4v) is 3.25. The van der Waals surface area contributed by atoms with Gasteiger partial charge in [-0.05, 0) is 24.3 Å². The first-order valence-electron chi connectivity index (χ1n) is 7.90. The van der Waals surface area contributed by atoms with Crippen LogP contribution < -0.4 is 15.0 Å². The molecule has 3 rings (SSSR count). The number of carbonyl (C=O) groups is 1. The summed E-state index contributed by atoms with van der Waals surface area (Å²) in [7, 11) is 1.94. The number of nitrogens with one attached hydrogen (secondary N) is 2. The Labute approximate surface area is 156 Å². The van der Waals surface area contributed by atoms with Gasteiger partial charge in [0, 0.05) is 10.6 Å². The smallest absolute Gasteiger partial charge is 0.279 e. The van der Waals surface area contributed by atoms with Gasteiger partial charge in [-0.3, -0.25) is 4.79 Å². The lowest BCUT2D eigenvalue weighted by atomic mass is 10.1. The summed E-state index contributed by atoms with van der Waals surface area (Å²) in [6.45, 7) is 1.62. The molecule has 2 N–H and O–H groups in total. The van der Waals surface area contributed by atoms with E-state index in [1.807, 2.05) is 31.3 Å². The number of rotatable bonds is 5. The van der Waals surface area contributed by atoms with Crippen LogP contribution in [0.15, 0.2) is 36.4 Å². The number of fused-ring (bicyclic) bond motifs is 1. The summed E-state index contributed by atoms with van der Waals surface area (Å²) in [5.74, 6) is 0.701. The molecule has 1 aliphatic heterocycles. The highest BCUT2D eigenvalue weighted by Crippen LogP contribution is 2.31. The van der Waals surface area contributed by atoms with Gasteiger partial charge in [-0.25, -0.2) is 0 Å². The Bertz CT molecular complexity index is 783. The average Bonchev–Trinajstić information content (AvgIpc) is 2.56. The van der Waals surface area contributed by atoms with Crippen LogP contribution in [-0.4, -0.2) is 26.3 Å². The Hall–Kier alpha value is -1.79. The van der Waals surface area contributed by atoms with Gasteiger partial charge < -0.3 is 19.7 Å². The number of quaternary nitrogens is 1. The van der Waals surface area contributed by atoms with Crippen LogP contribution in [0.2, 0.25) is 10.0 Å². The second kappa shape index (κ2) is 8.06. The molecule has 25 heavy (non-hydrogen) atoms. The summed E-state index contributed by atoms with van der Waals surface area (Å²) in [5.41, 5.74) is 2.51. The predicted octanol–water partition coefficient (Wildman–Crippen LogP) is 2.51. The summed E-state index contributed by atoms with van der Waals surface area (Å²) < 4.78 is 10.9. The molecule has 0 saturated carbocycles. The van der Waals surface area contributed by atoms with Crippen molar-refractivity contribution in [1.82, 2.24) is 0 Å². The van der Waals surface area contributed by atoms with Crippen LogP contribution >= 0.6 is 23.2 Å². The molecule has 0 fully saturated rings. The number of benzene rings is 2. The normalized spacial score (nSPS) is 14.4. The Morgan fingerprint density at radius 3 is 2.88 bits per heavy atom. The fraction of sp³-hybridized carbons (Fsp3) is 0.278. The maximum atomic E-state index is 12.3. The minimum absolute atomic E-state index is 0.106. The minimum Gasteiger partial charge on any atom is -0.467 e. The van der Waals surface area contributed by atoms with Gasteiger partial charge in [0.15, 0.2) is 13.3 Å². The molecule has 5 nitrogen and oxygen atoms in total. The van der Waals surface area contributed by atoms with Gasteiger partial charge in [0.05, 0.1) is 29.9 Å². The summed E-state index contributed by atoms with van der Waals surface area (Å²) >= 11 is 12.2. The lowest BCUT2D eigenvalue weighted by Crippen LogP contribution is -3.08. The molecule has 0 bridgehead atoms. The lowest BCUT2D eigenvalue weighted by Gasteiger charge is -2.22. The number of anilines is 1. The minimum atomic E-state index is -0.106. The zero-order valence-electron chi connectivity index (χ0n) is 13.8. The standard InChI is InChI=1S/C18H18Cl2N2O3/c1-22(9-17(23)21-16-5-3-2-4-15(16)20)8-12-6-14(19)7-13-10-24-11-25-18(12)13/h2-7H,8-11H2,1H3,(H,21,23)/p+1. The molecule has 0 spiro atoms. The molecule has 0 aromatic heterocycles. The number of ether oxygens (including phenoxy) is 2. The van der Waals surface area contributed by atoms with Crippen molar-refractivity contribution in [3.8, 4) is 5.75 Å². The summed E-state index contributed by atoms with van der Waals surface area (Å²) in [4.78, 5) is 13.3. The highest BCUT2D eigenvalue weighted by molar-refractivity contribution is 6.33. The molecule has 2 aromatic rings. The average molecular weight is 382 g/mol. The topological polar surface area (TPSA) is 52.0 Å². The number of carbonyl (C=O) groups excluding carboxylic acids is 1. The van der Waals surface area contributed by atoms with E-state index in [0.29, 0.717) is 35.4 Å². The number of hydrogen-bond donors (Lipinski definition) is 2. The molecule has 132 valence electrons. The van der Waals surface area contributed by atoms with Crippen molar-refractivity contribution in [2.45, 2.75) is 13.2 Å². The van der Waals surface area contributed by atoms with Crippen molar-refractivity contribution in [2.75, 3.05) is 25.7 Å². The summed E-state index contributed by atoms with van der Waals surface area (Å²) in [5, 5.41) is 3.99. The van der Waals surface area contributed by atoms with Crippen molar-refractivity contribution in [1.29, 1.82) is 0 Å². The third-order valence-electron chi connectivity index (χ3n) is 3.85. The first-order valence-corrected chi connectivity index (χ1v) is 8.66. The number of likely N-dealkylation sites (N-methyl/N-ethyl adjacent to an activating group) is 1. The van der Waals surface area contributed by atoms with Crippen LogP contribution in [0, 0.1) is 0 Å². The monoisotopic (exact) mass is 381 g/mol. The fourth-order valence-electron chi connectivity index (χ4n) is 2.81. The molecular formula is C18H19Cl2N2O3+. The highest BCUT2D eigenvalue weighted by atomic mass is 35.5. The zero-order chi connectivity index (χ0) is 17.8. The molecule has 1 atom stereocenters. The van der Waals surface area contributed by atoms with Gasteiger partial charge in [0.25, 0.3) is 5.91 Å². The van der Waals surface area contributed by atoms with Gasteiger partial charge >= 0.3 is 0 Å². The van der Waals surface area contributed by atoms with Crippen LogP contribution in [0.5, 0.6) is 5.75 Å². The van der Waals surface area contributed by atoms with Crippen molar-refractivity contribution in [2.24, 2.45) is 0 Å². The SMILES string of the molecule is C[NH+](CC(=O)Nc1ccccc1Cl)Cc1cc(Cl)cc2c1OCOC2. The molecule has 1 amide bonds. The van der Waals surface area contributed by atoms with Gasteiger partial charge in [-0.15, -0.1) is 0 Å². The van der Waals surface area contributed by atoms with E-state index in [2.05, 4.69) is 5.32 Å². The maximum Gasteiger partial charge on any atom is 0.279 e. The van der Waals surface area contributed by atoms with E-state index < -0.39 is 0 Å². The molecule has 0 saturated heterocycles. The molecule has 1 unspecified atom stereocenters. The van der Waals surface area contributed by atoms with E-state index in [4.69, 9.17) is 32.7 Å². The Morgan fingerprint density at radius 2 is 2.08 bits per heavy atom. The third-order valence-corrected chi connectivity index (χ3v) is 4.40. The molecule has 0 radical (unpaired) electrons. The molecule has 7 heteroatoms. The van der Waals surface area contributed by atoms with Crippen molar-refractivity contribution in [3.05, 3.63) is 57.6 Å². The van der Waals surface area contributed by atoms with Gasteiger partial charge in [-0.1, -0.05) is 35.3 Å². The molecule has 1 heterocycles. The second-order valence-electron chi connectivity index (χ2n) is 6.00. The van der Waals surface area contributed by atoms with Crippen LogP contribution in [0.1, 0.15) is 11.1 Å². The number of amides is 1. The van der Waals surface area contributed by atoms with Crippen LogP contribution in [-0.2, 0) is 22.7 Å². The van der Waals surface area contributed by atoms with Crippen LogP contribution in [0.3, 0.4) is 0 Å². The Balaban J connectivity index is 1.65. The van der Waals surface area contributed by atoms with Gasteiger partial charge in [-0.2, -0.15) is 0 Å². The molecular weight excluding hydrogens is 363 g/mol. The van der Waals surface area contributed by atoms with Crippen molar-refractivity contribution in [3.63, 3.8) is 0 Å². The maximum absolute atomic E-state index is 12.3. The van der Waals surface area contributed by atoms with Crippen LogP contribution in [0.4, 0.5) is 5.69 Å². The highest BCUT2D eigenvalue weighted by Gasteiger charge is 2.20. The number of hydrogen-bond acceptors (Lipinski definition) is 3.